The second-order valence-corrected chi connectivity index (χ2v) is 6.63. The first-order valence-electron chi connectivity index (χ1n) is 8.98. The molecule has 2 aromatic carbocycles. The highest BCUT2D eigenvalue weighted by Gasteiger charge is 2.22. The smallest absolute Gasteiger partial charge is 0.156 e. The lowest BCUT2D eigenvalue weighted by atomic mass is 9.81. The van der Waals surface area contributed by atoms with Gasteiger partial charge in [-0.3, -0.25) is 9.59 Å². The van der Waals surface area contributed by atoms with Gasteiger partial charge in [-0.2, -0.15) is 0 Å². The summed E-state index contributed by atoms with van der Waals surface area (Å²) in [4.78, 5) is 24.5. The lowest BCUT2D eigenvalue weighted by molar-refractivity contribution is -0.115. The van der Waals surface area contributed by atoms with Crippen molar-refractivity contribution in [3.63, 3.8) is 0 Å². The zero-order valence-corrected chi connectivity index (χ0v) is 15.8. The van der Waals surface area contributed by atoms with Crippen molar-refractivity contribution in [1.29, 1.82) is 0 Å². The van der Waals surface area contributed by atoms with E-state index in [0.717, 1.165) is 27.8 Å². The molecular weight excluding hydrogens is 320 g/mol. The second kappa shape index (κ2) is 9.10. The summed E-state index contributed by atoms with van der Waals surface area (Å²) in [5.41, 5.74) is 5.16. The van der Waals surface area contributed by atoms with Gasteiger partial charge < -0.3 is 0 Å². The third-order valence-electron chi connectivity index (χ3n) is 4.47. The molecule has 1 unspecified atom stereocenters. The molecule has 0 aliphatic rings. The summed E-state index contributed by atoms with van der Waals surface area (Å²) >= 11 is 0. The van der Waals surface area contributed by atoms with Crippen molar-refractivity contribution in [3.8, 4) is 0 Å². The van der Waals surface area contributed by atoms with Gasteiger partial charge in [0, 0.05) is 18.8 Å². The number of aryl methyl sites for hydroxylation is 2. The Morgan fingerprint density at radius 2 is 1.65 bits per heavy atom. The van der Waals surface area contributed by atoms with Crippen molar-refractivity contribution in [3.05, 3.63) is 89.5 Å². The first kappa shape index (κ1) is 19.6. The molecule has 0 saturated carbocycles. The van der Waals surface area contributed by atoms with Crippen LogP contribution in [0, 0.1) is 13.8 Å². The monoisotopic (exact) mass is 346 g/mol. The molecule has 0 amide bonds. The minimum absolute atomic E-state index is 0.0287. The third-order valence-corrected chi connectivity index (χ3v) is 4.47. The zero-order chi connectivity index (χ0) is 19.1. The number of hydrogen-bond acceptors (Lipinski definition) is 2. The fourth-order valence-electron chi connectivity index (χ4n) is 3.06. The van der Waals surface area contributed by atoms with Gasteiger partial charge in [0.15, 0.2) is 11.6 Å². The van der Waals surface area contributed by atoms with Gasteiger partial charge in [-0.05, 0) is 42.7 Å². The Labute approximate surface area is 156 Å². The molecule has 2 nitrogen and oxygen atoms in total. The molecule has 0 bridgehead atoms. The number of ketones is 2. The van der Waals surface area contributed by atoms with Crippen molar-refractivity contribution in [2.45, 2.75) is 39.5 Å². The summed E-state index contributed by atoms with van der Waals surface area (Å²) in [6.45, 7) is 9.52. The number of hydrogen-bond donors (Lipinski definition) is 0. The Morgan fingerprint density at radius 1 is 1.00 bits per heavy atom. The highest BCUT2D eigenvalue weighted by atomic mass is 16.1. The van der Waals surface area contributed by atoms with E-state index in [4.69, 9.17) is 0 Å². The van der Waals surface area contributed by atoms with Crippen molar-refractivity contribution in [2.75, 3.05) is 0 Å². The summed E-state index contributed by atoms with van der Waals surface area (Å²) in [5, 5.41) is 0. The Kier molecular flexibility index (Phi) is 6.85. The van der Waals surface area contributed by atoms with E-state index in [1.807, 2.05) is 57.2 Å². The summed E-state index contributed by atoms with van der Waals surface area (Å²) in [6.07, 6.45) is 3.80. The Bertz CT molecular complexity index is 843. The fraction of sp³-hybridized carbons (Fsp3) is 0.250. The molecule has 2 rings (SSSR count). The molecule has 134 valence electrons. The van der Waals surface area contributed by atoms with Crippen LogP contribution in [0.25, 0.3) is 5.57 Å². The largest absolute Gasteiger partial charge is 0.295 e. The topological polar surface area (TPSA) is 34.1 Å². The van der Waals surface area contributed by atoms with E-state index in [0.29, 0.717) is 12.8 Å². The van der Waals surface area contributed by atoms with E-state index in [2.05, 4.69) is 18.7 Å². The van der Waals surface area contributed by atoms with E-state index in [9.17, 15) is 9.59 Å². The molecule has 0 saturated heterocycles. The van der Waals surface area contributed by atoms with Crippen LogP contribution in [0.3, 0.4) is 0 Å². The predicted molar refractivity (Wildman–Crippen MR) is 108 cm³/mol. The average Bonchev–Trinajstić information content (AvgIpc) is 2.64. The van der Waals surface area contributed by atoms with Gasteiger partial charge >= 0.3 is 0 Å². The maximum Gasteiger partial charge on any atom is 0.156 e. The summed E-state index contributed by atoms with van der Waals surface area (Å²) in [7, 11) is 0. The van der Waals surface area contributed by atoms with E-state index >= 15 is 0 Å². The molecule has 26 heavy (non-hydrogen) atoms. The number of carbonyl (C=O) groups excluding carboxylic acids is 2. The van der Waals surface area contributed by atoms with Gasteiger partial charge in [-0.15, -0.1) is 0 Å². The summed E-state index contributed by atoms with van der Waals surface area (Å²) < 4.78 is 0. The molecule has 0 aromatic heterocycles. The zero-order valence-electron chi connectivity index (χ0n) is 15.8. The number of benzene rings is 2. The summed E-state index contributed by atoms with van der Waals surface area (Å²) in [6, 6.07) is 16.2. The molecule has 2 heteroatoms. The average molecular weight is 346 g/mol. The molecule has 0 N–H and O–H groups in total. The van der Waals surface area contributed by atoms with Gasteiger partial charge in [0.25, 0.3) is 0 Å². The van der Waals surface area contributed by atoms with Crippen LogP contribution in [0.4, 0.5) is 0 Å². The van der Waals surface area contributed by atoms with Crippen LogP contribution in [0.2, 0.25) is 0 Å². The van der Waals surface area contributed by atoms with Crippen LogP contribution in [0.1, 0.15) is 47.9 Å². The quantitative estimate of drug-likeness (QED) is 0.583. The van der Waals surface area contributed by atoms with Crippen LogP contribution >= 0.6 is 0 Å². The molecule has 0 aliphatic heterocycles. The maximum atomic E-state index is 12.3. The van der Waals surface area contributed by atoms with Crippen LogP contribution in [0.5, 0.6) is 0 Å². The molecule has 0 heterocycles. The Hall–Kier alpha value is -2.74. The van der Waals surface area contributed by atoms with E-state index in [1.165, 1.54) is 6.08 Å². The molecular formula is C24H26O2. The number of rotatable bonds is 8. The second-order valence-electron chi connectivity index (χ2n) is 6.63. The Morgan fingerprint density at radius 3 is 2.23 bits per heavy atom. The molecule has 0 aliphatic carbocycles. The highest BCUT2D eigenvalue weighted by molar-refractivity contribution is 5.99. The molecule has 0 spiro atoms. The van der Waals surface area contributed by atoms with Gasteiger partial charge in [0.05, 0.1) is 0 Å². The van der Waals surface area contributed by atoms with Crippen LogP contribution < -0.4 is 0 Å². The molecule has 0 radical (unpaired) electrons. The van der Waals surface area contributed by atoms with Gasteiger partial charge in [0.1, 0.15) is 0 Å². The first-order valence-corrected chi connectivity index (χ1v) is 8.98. The van der Waals surface area contributed by atoms with Crippen LogP contribution in [-0.4, -0.2) is 11.6 Å². The Balaban J connectivity index is 2.64. The van der Waals surface area contributed by atoms with E-state index in [1.54, 1.807) is 6.08 Å². The number of allylic oxidation sites excluding steroid dienone is 3. The van der Waals surface area contributed by atoms with Crippen molar-refractivity contribution in [1.82, 2.24) is 0 Å². The van der Waals surface area contributed by atoms with E-state index in [-0.39, 0.29) is 17.5 Å². The van der Waals surface area contributed by atoms with Crippen molar-refractivity contribution < 1.29 is 9.59 Å². The lowest BCUT2D eigenvalue weighted by Crippen LogP contribution is -2.10. The van der Waals surface area contributed by atoms with Gasteiger partial charge in [-0.25, -0.2) is 0 Å². The molecule has 2 aromatic rings. The van der Waals surface area contributed by atoms with Crippen molar-refractivity contribution in [2.24, 2.45) is 0 Å². The lowest BCUT2D eigenvalue weighted by Gasteiger charge is -2.21. The molecule has 0 fully saturated rings. The minimum atomic E-state index is -0.183. The molecule has 1 atom stereocenters. The SMILES string of the molecule is C=CC(=O)CC(C(=CC(=O)CC)c1cccc(C)c1)c1cccc(C)c1. The normalized spacial score (nSPS) is 12.5. The predicted octanol–water partition coefficient (Wildman–Crippen LogP) is 5.59. The van der Waals surface area contributed by atoms with Crippen LogP contribution in [0.15, 0.2) is 67.3 Å². The summed E-state index contributed by atoms with van der Waals surface area (Å²) in [5.74, 6) is -0.151. The van der Waals surface area contributed by atoms with Crippen LogP contribution in [-0.2, 0) is 9.59 Å². The highest BCUT2D eigenvalue weighted by Crippen LogP contribution is 2.36. The third kappa shape index (κ3) is 5.13. The number of carbonyl (C=O) groups is 2. The first-order chi connectivity index (χ1) is 12.4. The van der Waals surface area contributed by atoms with Crippen molar-refractivity contribution >= 4 is 17.1 Å². The maximum absolute atomic E-state index is 12.3. The minimum Gasteiger partial charge on any atom is -0.295 e. The standard InChI is InChI=1S/C24H26O2/c1-5-21(25)15-23(19-11-7-9-17(3)13-19)24(16-22(26)6-2)20-12-8-10-18(4)14-20/h5,7-14,16,23H,1,6,15H2,2-4H3. The van der Waals surface area contributed by atoms with E-state index < -0.39 is 0 Å². The van der Waals surface area contributed by atoms with Gasteiger partial charge in [-0.1, -0.05) is 73.2 Å². The fourth-order valence-corrected chi connectivity index (χ4v) is 3.06. The van der Waals surface area contributed by atoms with Gasteiger partial charge in [0.2, 0.25) is 0 Å².